The van der Waals surface area contributed by atoms with Crippen molar-refractivity contribution in [3.8, 4) is 17.0 Å². The van der Waals surface area contributed by atoms with Gasteiger partial charge in [-0.3, -0.25) is 4.79 Å². The number of hydrogen-bond acceptors (Lipinski definition) is 11. The summed E-state index contributed by atoms with van der Waals surface area (Å²) in [7, 11) is 1.61. The van der Waals surface area contributed by atoms with Crippen LogP contribution in [-0.4, -0.2) is 81.3 Å². The fourth-order valence-electron chi connectivity index (χ4n) is 5.98. The number of hydrogen-bond donors (Lipinski definition) is 2. The summed E-state index contributed by atoms with van der Waals surface area (Å²) in [4.78, 5) is 36.3. The van der Waals surface area contributed by atoms with Crippen LogP contribution in [0.15, 0.2) is 60.0 Å². The van der Waals surface area contributed by atoms with Gasteiger partial charge in [0.25, 0.3) is 5.84 Å². The Balaban J connectivity index is 1.10. The van der Waals surface area contributed by atoms with Gasteiger partial charge in [-0.15, -0.1) is 5.10 Å². The SMILES string of the molecule is COc1cc(N2CCN(N3N=C3C(=O)OC(C)(C)C)CC2)c(NC(C)=O)cc1Nc1nccc(-c2cn(C3CC3)c3ccccc23)n1. The minimum absolute atomic E-state index is 0.189. The van der Waals surface area contributed by atoms with Gasteiger partial charge in [-0.1, -0.05) is 18.2 Å². The average molecular weight is 638 g/mol. The first-order valence-corrected chi connectivity index (χ1v) is 15.9. The zero-order valence-electron chi connectivity index (χ0n) is 27.3. The van der Waals surface area contributed by atoms with Crippen molar-refractivity contribution < 1.29 is 19.1 Å². The lowest BCUT2D eigenvalue weighted by molar-refractivity contribution is -0.146. The molecule has 244 valence electrons. The molecule has 0 spiro atoms. The minimum atomic E-state index is -0.584. The van der Waals surface area contributed by atoms with Crippen molar-refractivity contribution in [2.75, 3.05) is 48.8 Å². The Labute approximate surface area is 273 Å². The topological polar surface area (TPSA) is 129 Å². The average Bonchev–Trinajstić information content (AvgIpc) is 3.98. The normalized spacial score (nSPS) is 16.6. The van der Waals surface area contributed by atoms with Gasteiger partial charge in [-0.2, -0.15) is 10.1 Å². The van der Waals surface area contributed by atoms with Gasteiger partial charge in [0.2, 0.25) is 11.9 Å². The number of nitrogens with one attached hydrogen (secondary N) is 2. The summed E-state index contributed by atoms with van der Waals surface area (Å²) in [5.41, 5.74) is 4.58. The Kier molecular flexibility index (Phi) is 7.71. The maximum atomic E-state index is 12.4. The fourth-order valence-corrected chi connectivity index (χ4v) is 5.98. The van der Waals surface area contributed by atoms with E-state index in [1.807, 2.05) is 44.0 Å². The highest BCUT2D eigenvalue weighted by molar-refractivity contribution is 6.39. The molecule has 0 bridgehead atoms. The van der Waals surface area contributed by atoms with E-state index in [0.29, 0.717) is 61.1 Å². The number of carbonyl (C=O) groups excluding carboxylic acids is 2. The molecule has 1 aliphatic carbocycles. The maximum absolute atomic E-state index is 12.4. The lowest BCUT2D eigenvalue weighted by Gasteiger charge is -2.37. The number of ether oxygens (including phenoxy) is 2. The van der Waals surface area contributed by atoms with Gasteiger partial charge in [0, 0.05) is 74.1 Å². The number of carbonyl (C=O) groups is 2. The van der Waals surface area contributed by atoms with E-state index in [0.717, 1.165) is 22.3 Å². The Morgan fingerprint density at radius 2 is 1.77 bits per heavy atom. The molecule has 2 aromatic heterocycles. The Morgan fingerprint density at radius 3 is 2.47 bits per heavy atom. The Bertz CT molecular complexity index is 1880. The monoisotopic (exact) mass is 637 g/mol. The predicted octanol–water partition coefficient (Wildman–Crippen LogP) is 5.15. The highest BCUT2D eigenvalue weighted by Gasteiger charge is 2.41. The van der Waals surface area contributed by atoms with E-state index in [1.54, 1.807) is 18.4 Å². The minimum Gasteiger partial charge on any atom is -0.494 e. The number of hydrazone groups is 1. The molecular formula is C34H39N9O4. The standard InChI is InChI=1S/C34H39N9O4/c1-21(44)36-26-18-27(38-33-35-13-12-25(37-33)24-20-42(22-10-11-22)28-9-7-6-8-23(24)28)30(46-5)19-29(26)40-14-16-41(17-15-40)43-31(39-43)32(45)47-34(2,3)4/h6-9,12-13,18-20,22H,10-11,14-17H2,1-5H3,(H,36,44)(H,35,37,38). The van der Waals surface area contributed by atoms with Crippen molar-refractivity contribution in [3.05, 3.63) is 54.9 Å². The molecule has 4 heterocycles. The van der Waals surface area contributed by atoms with Crippen LogP contribution in [0.1, 0.15) is 46.6 Å². The first-order valence-electron chi connectivity index (χ1n) is 15.9. The zero-order chi connectivity index (χ0) is 32.9. The van der Waals surface area contributed by atoms with E-state index in [4.69, 9.17) is 14.5 Å². The second kappa shape index (κ2) is 11.9. The zero-order valence-corrected chi connectivity index (χ0v) is 27.3. The second-order valence-corrected chi connectivity index (χ2v) is 13.0. The molecule has 0 atom stereocenters. The molecule has 4 aromatic rings. The van der Waals surface area contributed by atoms with Crippen molar-refractivity contribution in [2.45, 2.75) is 52.2 Å². The number of fused-ring (bicyclic) bond motifs is 1. The number of methoxy groups -OCH3 is 1. The molecular weight excluding hydrogens is 598 g/mol. The number of benzene rings is 2. The first-order chi connectivity index (χ1) is 22.6. The van der Waals surface area contributed by atoms with Crippen LogP contribution in [0.5, 0.6) is 5.75 Å². The molecule has 13 nitrogen and oxygen atoms in total. The van der Waals surface area contributed by atoms with E-state index < -0.39 is 11.6 Å². The Morgan fingerprint density at radius 1 is 1.00 bits per heavy atom. The molecule has 0 unspecified atom stereocenters. The summed E-state index contributed by atoms with van der Waals surface area (Å²) < 4.78 is 13.6. The lowest BCUT2D eigenvalue weighted by Crippen LogP contribution is -2.50. The molecule has 47 heavy (non-hydrogen) atoms. The third kappa shape index (κ3) is 6.43. The van der Waals surface area contributed by atoms with Crippen LogP contribution >= 0.6 is 0 Å². The van der Waals surface area contributed by atoms with Crippen LogP contribution in [0.4, 0.5) is 23.0 Å². The van der Waals surface area contributed by atoms with Crippen molar-refractivity contribution >= 4 is 51.6 Å². The molecule has 7 rings (SSSR count). The van der Waals surface area contributed by atoms with Crippen LogP contribution in [0, 0.1) is 0 Å². The molecule has 2 fully saturated rings. The number of nitrogens with zero attached hydrogens (tertiary/aromatic N) is 7. The summed E-state index contributed by atoms with van der Waals surface area (Å²) in [6.45, 7) is 9.49. The third-order valence-electron chi connectivity index (χ3n) is 8.27. The molecule has 2 aliphatic heterocycles. The predicted molar refractivity (Wildman–Crippen MR) is 181 cm³/mol. The second-order valence-electron chi connectivity index (χ2n) is 13.0. The van der Waals surface area contributed by atoms with Crippen molar-refractivity contribution in [2.24, 2.45) is 5.10 Å². The number of esters is 1. The number of rotatable bonds is 9. The molecule has 2 N–H and O–H groups in total. The van der Waals surface area contributed by atoms with Crippen molar-refractivity contribution in [3.63, 3.8) is 0 Å². The van der Waals surface area contributed by atoms with Gasteiger partial charge in [0.1, 0.15) is 11.4 Å². The van der Waals surface area contributed by atoms with E-state index in [-0.39, 0.29) is 5.91 Å². The van der Waals surface area contributed by atoms with Gasteiger partial charge >= 0.3 is 5.97 Å². The largest absolute Gasteiger partial charge is 0.494 e. The van der Waals surface area contributed by atoms with Crippen LogP contribution in [0.3, 0.4) is 0 Å². The van der Waals surface area contributed by atoms with Crippen LogP contribution < -0.4 is 20.3 Å². The fraction of sp³-hybridized carbons (Fsp3) is 0.382. The molecule has 13 heteroatoms. The Hall–Kier alpha value is -5.17. The summed E-state index contributed by atoms with van der Waals surface area (Å²) in [5.74, 6) is 0.686. The van der Waals surface area contributed by atoms with Crippen molar-refractivity contribution in [1.29, 1.82) is 0 Å². The number of amides is 1. The summed E-state index contributed by atoms with van der Waals surface area (Å²) >= 11 is 0. The van der Waals surface area contributed by atoms with Crippen LogP contribution in [0.2, 0.25) is 0 Å². The van der Waals surface area contributed by atoms with E-state index in [9.17, 15) is 9.59 Å². The summed E-state index contributed by atoms with van der Waals surface area (Å²) in [6.07, 6.45) is 6.33. The smallest absolute Gasteiger partial charge is 0.380 e. The molecule has 3 aliphatic rings. The highest BCUT2D eigenvalue weighted by Crippen LogP contribution is 2.42. The lowest BCUT2D eigenvalue weighted by atomic mass is 10.1. The summed E-state index contributed by atoms with van der Waals surface area (Å²) in [5, 5.41) is 15.3. The molecule has 2 aromatic carbocycles. The summed E-state index contributed by atoms with van der Waals surface area (Å²) in [6, 6.07) is 14.6. The number of aromatic nitrogens is 3. The van der Waals surface area contributed by atoms with E-state index in [2.05, 4.69) is 60.6 Å². The number of anilines is 4. The van der Waals surface area contributed by atoms with Gasteiger partial charge in [-0.05, 0) is 51.8 Å². The number of piperazine rings is 1. The quantitative estimate of drug-likeness (QED) is 0.238. The van der Waals surface area contributed by atoms with Gasteiger partial charge in [-0.25, -0.2) is 14.8 Å². The van der Waals surface area contributed by atoms with Crippen molar-refractivity contribution in [1.82, 2.24) is 24.7 Å². The highest BCUT2D eigenvalue weighted by atomic mass is 16.6. The van der Waals surface area contributed by atoms with Gasteiger partial charge in [0.15, 0.2) is 0 Å². The molecule has 1 saturated carbocycles. The molecule has 1 amide bonds. The number of hydrazine groups is 1. The number of para-hydroxylation sites is 1. The van der Waals surface area contributed by atoms with Gasteiger partial charge in [0.05, 0.1) is 29.9 Å². The number of amidine groups is 1. The third-order valence-corrected chi connectivity index (χ3v) is 8.27. The van der Waals surface area contributed by atoms with Crippen LogP contribution in [-0.2, 0) is 14.3 Å². The van der Waals surface area contributed by atoms with E-state index >= 15 is 0 Å². The molecule has 1 saturated heterocycles. The van der Waals surface area contributed by atoms with E-state index in [1.165, 1.54) is 25.3 Å². The van der Waals surface area contributed by atoms with Crippen LogP contribution in [0.25, 0.3) is 22.2 Å². The molecule has 0 radical (unpaired) electrons. The first kappa shape index (κ1) is 30.5. The van der Waals surface area contributed by atoms with Gasteiger partial charge < -0.3 is 29.6 Å². The maximum Gasteiger partial charge on any atom is 0.380 e.